The number of allylic oxidation sites excluding steroid dienone is 1. The van der Waals surface area contributed by atoms with E-state index in [0.29, 0.717) is 24.5 Å². The number of benzene rings is 2. The lowest BCUT2D eigenvalue weighted by atomic mass is 10.1. The van der Waals surface area contributed by atoms with Gasteiger partial charge in [0.05, 0.1) is 30.8 Å². The van der Waals surface area contributed by atoms with Gasteiger partial charge in [0.1, 0.15) is 5.82 Å². The van der Waals surface area contributed by atoms with Gasteiger partial charge in [-0.3, -0.25) is 4.79 Å². The van der Waals surface area contributed by atoms with Crippen molar-refractivity contribution in [1.82, 2.24) is 14.9 Å². The van der Waals surface area contributed by atoms with Crippen LogP contribution in [-0.4, -0.2) is 29.2 Å². The Balaban J connectivity index is 1.71. The number of nitrogens with zero attached hydrogens (tertiary/aromatic N) is 2. The van der Waals surface area contributed by atoms with Gasteiger partial charge in [0.25, 0.3) is 0 Å². The molecule has 0 radical (unpaired) electrons. The zero-order valence-corrected chi connectivity index (χ0v) is 19.1. The molecule has 1 amide bonds. The lowest BCUT2D eigenvalue weighted by molar-refractivity contribution is -0.118. The van der Waals surface area contributed by atoms with Gasteiger partial charge in [0.2, 0.25) is 5.91 Å². The first-order valence-corrected chi connectivity index (χ1v) is 10.8. The molecule has 0 bridgehead atoms. The van der Waals surface area contributed by atoms with Gasteiger partial charge >= 0.3 is 0 Å². The molecule has 2 aromatic carbocycles. The minimum Gasteiger partial charge on any atom is -0.493 e. The van der Waals surface area contributed by atoms with Crippen molar-refractivity contribution in [3.8, 4) is 11.5 Å². The Hall–Kier alpha value is -3.54. The van der Waals surface area contributed by atoms with E-state index in [-0.39, 0.29) is 11.9 Å². The first kappa shape index (κ1) is 23.1. The monoisotopic (exact) mass is 433 g/mol. The Kier molecular flexibility index (Phi) is 7.71. The summed E-state index contributed by atoms with van der Waals surface area (Å²) in [5.74, 6) is 2.07. The molecule has 0 spiro atoms. The van der Waals surface area contributed by atoms with E-state index in [1.165, 1.54) is 0 Å². The third-order valence-electron chi connectivity index (χ3n) is 5.20. The standard InChI is InChI=1S/C26H31N3O3/c1-6-10-20-13-14-23(24(17-20)31-5)32-16-9-15-29-22-12-8-7-11-21(22)28-25(29)19(4)27-26(30)18(2)3/h6-8,11-14,17,19H,1-2,9-10,15-16H2,3-5H3,(H,27,30). The van der Waals surface area contributed by atoms with E-state index >= 15 is 0 Å². The van der Waals surface area contributed by atoms with Gasteiger partial charge in [-0.15, -0.1) is 6.58 Å². The fourth-order valence-electron chi connectivity index (χ4n) is 3.57. The fraction of sp³-hybridized carbons (Fsp3) is 0.308. The minimum absolute atomic E-state index is 0.175. The largest absolute Gasteiger partial charge is 0.493 e. The Morgan fingerprint density at radius 3 is 2.75 bits per heavy atom. The first-order valence-electron chi connectivity index (χ1n) is 10.8. The van der Waals surface area contributed by atoms with Crippen molar-refractivity contribution < 1.29 is 14.3 Å². The van der Waals surface area contributed by atoms with Crippen LogP contribution in [0.2, 0.25) is 0 Å². The maximum Gasteiger partial charge on any atom is 0.246 e. The summed E-state index contributed by atoms with van der Waals surface area (Å²) in [6.45, 7) is 12.4. The number of methoxy groups -OCH3 is 1. The summed E-state index contributed by atoms with van der Waals surface area (Å²) in [7, 11) is 1.64. The molecule has 1 N–H and O–H groups in total. The Bertz CT molecular complexity index is 1120. The molecule has 6 heteroatoms. The van der Waals surface area contributed by atoms with Crippen molar-refractivity contribution in [2.24, 2.45) is 0 Å². The van der Waals surface area contributed by atoms with Crippen molar-refractivity contribution in [2.45, 2.75) is 39.3 Å². The van der Waals surface area contributed by atoms with Gasteiger partial charge in [-0.2, -0.15) is 0 Å². The Morgan fingerprint density at radius 1 is 1.25 bits per heavy atom. The zero-order valence-electron chi connectivity index (χ0n) is 19.1. The van der Waals surface area contributed by atoms with Gasteiger partial charge < -0.3 is 19.4 Å². The van der Waals surface area contributed by atoms with E-state index in [4.69, 9.17) is 14.5 Å². The number of carbonyl (C=O) groups excluding carboxylic acids is 1. The third-order valence-corrected chi connectivity index (χ3v) is 5.20. The van der Waals surface area contributed by atoms with Crippen LogP contribution in [0.1, 0.15) is 37.7 Å². The summed E-state index contributed by atoms with van der Waals surface area (Å²) in [6, 6.07) is 13.7. The van der Waals surface area contributed by atoms with Crippen LogP contribution in [0.15, 0.2) is 67.3 Å². The number of fused-ring (bicyclic) bond motifs is 1. The van der Waals surface area contributed by atoms with Crippen LogP contribution in [-0.2, 0) is 17.8 Å². The van der Waals surface area contributed by atoms with Crippen LogP contribution in [0.4, 0.5) is 0 Å². The summed E-state index contributed by atoms with van der Waals surface area (Å²) >= 11 is 0. The molecule has 6 nitrogen and oxygen atoms in total. The maximum atomic E-state index is 12.1. The first-order chi connectivity index (χ1) is 15.4. The number of hydrogen-bond donors (Lipinski definition) is 1. The van der Waals surface area contributed by atoms with Crippen LogP contribution in [0, 0.1) is 0 Å². The minimum atomic E-state index is -0.245. The number of nitrogens with one attached hydrogen (secondary N) is 1. The second-order valence-electron chi connectivity index (χ2n) is 7.77. The molecule has 168 valence electrons. The number of carbonyl (C=O) groups is 1. The summed E-state index contributed by atoms with van der Waals surface area (Å²) in [4.78, 5) is 16.9. The predicted octanol–water partition coefficient (Wildman–Crippen LogP) is 5.00. The number of ether oxygens (including phenoxy) is 2. The quantitative estimate of drug-likeness (QED) is 0.263. The molecule has 3 aromatic rings. The molecule has 1 heterocycles. The average molecular weight is 434 g/mol. The van der Waals surface area contributed by atoms with E-state index in [1.807, 2.05) is 55.5 Å². The van der Waals surface area contributed by atoms with E-state index in [0.717, 1.165) is 41.0 Å². The molecule has 3 rings (SSSR count). The van der Waals surface area contributed by atoms with Crippen LogP contribution >= 0.6 is 0 Å². The summed E-state index contributed by atoms with van der Waals surface area (Å²) < 4.78 is 13.6. The highest BCUT2D eigenvalue weighted by molar-refractivity contribution is 5.92. The molecule has 1 unspecified atom stereocenters. The smallest absolute Gasteiger partial charge is 0.246 e. The van der Waals surface area contributed by atoms with Crippen molar-refractivity contribution in [3.63, 3.8) is 0 Å². The molecule has 0 fully saturated rings. The molecule has 0 saturated carbocycles. The lowest BCUT2D eigenvalue weighted by Gasteiger charge is -2.17. The SMILES string of the molecule is C=CCc1ccc(OCCCn2c(C(C)NC(=O)C(=C)C)nc3ccccc32)c(OC)c1. The summed E-state index contributed by atoms with van der Waals surface area (Å²) in [5.41, 5.74) is 3.54. The molecule has 0 aliphatic carbocycles. The average Bonchev–Trinajstić information content (AvgIpc) is 3.16. The molecule has 1 aromatic heterocycles. The molecular formula is C26H31N3O3. The number of rotatable bonds is 11. The fourth-order valence-corrected chi connectivity index (χ4v) is 3.57. The van der Waals surface area contributed by atoms with Gasteiger partial charge in [0.15, 0.2) is 11.5 Å². The lowest BCUT2D eigenvalue weighted by Crippen LogP contribution is -2.29. The summed E-state index contributed by atoms with van der Waals surface area (Å²) in [6.07, 6.45) is 3.42. The van der Waals surface area contributed by atoms with Crippen LogP contribution in [0.3, 0.4) is 0 Å². The van der Waals surface area contributed by atoms with Crippen molar-refractivity contribution in [3.05, 3.63) is 78.7 Å². The van der Waals surface area contributed by atoms with Crippen molar-refractivity contribution in [1.29, 1.82) is 0 Å². The molecule has 0 aliphatic rings. The van der Waals surface area contributed by atoms with Gasteiger partial charge in [-0.05, 0) is 56.5 Å². The maximum absolute atomic E-state index is 12.1. The number of imidazole rings is 1. The number of aromatic nitrogens is 2. The van der Waals surface area contributed by atoms with Crippen molar-refractivity contribution in [2.75, 3.05) is 13.7 Å². The second-order valence-corrected chi connectivity index (χ2v) is 7.77. The highest BCUT2D eigenvalue weighted by Crippen LogP contribution is 2.29. The predicted molar refractivity (Wildman–Crippen MR) is 128 cm³/mol. The van der Waals surface area contributed by atoms with Crippen molar-refractivity contribution >= 4 is 16.9 Å². The Morgan fingerprint density at radius 2 is 2.03 bits per heavy atom. The summed E-state index contributed by atoms with van der Waals surface area (Å²) in [5, 5.41) is 2.97. The van der Waals surface area contributed by atoms with Crippen LogP contribution in [0.25, 0.3) is 11.0 Å². The van der Waals surface area contributed by atoms with Gasteiger partial charge in [0, 0.05) is 12.1 Å². The van der Waals surface area contributed by atoms with Crippen LogP contribution in [0.5, 0.6) is 11.5 Å². The molecule has 0 saturated heterocycles. The zero-order chi connectivity index (χ0) is 23.1. The highest BCUT2D eigenvalue weighted by atomic mass is 16.5. The molecular weight excluding hydrogens is 402 g/mol. The van der Waals surface area contributed by atoms with Crippen LogP contribution < -0.4 is 14.8 Å². The van der Waals surface area contributed by atoms with Gasteiger partial charge in [-0.1, -0.05) is 30.9 Å². The third kappa shape index (κ3) is 5.38. The molecule has 0 aliphatic heterocycles. The van der Waals surface area contributed by atoms with E-state index < -0.39 is 0 Å². The van der Waals surface area contributed by atoms with Gasteiger partial charge in [-0.25, -0.2) is 4.98 Å². The number of amides is 1. The number of para-hydroxylation sites is 2. The number of hydrogen-bond acceptors (Lipinski definition) is 4. The normalized spacial score (nSPS) is 11.7. The second kappa shape index (κ2) is 10.7. The van der Waals surface area contributed by atoms with E-state index in [2.05, 4.69) is 23.0 Å². The topological polar surface area (TPSA) is 65.4 Å². The molecule has 32 heavy (non-hydrogen) atoms. The highest BCUT2D eigenvalue weighted by Gasteiger charge is 2.18. The van der Waals surface area contributed by atoms with E-state index in [1.54, 1.807) is 14.0 Å². The Labute approximate surface area is 189 Å². The van der Waals surface area contributed by atoms with E-state index in [9.17, 15) is 4.79 Å². The molecule has 1 atom stereocenters. The number of aryl methyl sites for hydroxylation is 1.